The van der Waals surface area contributed by atoms with E-state index in [1.54, 1.807) is 0 Å². The molecule has 260 valence electrons. The van der Waals surface area contributed by atoms with E-state index in [9.17, 15) is 0 Å². The minimum Gasteiger partial charge on any atom is -0.457 e. The molecule has 4 heterocycles. The van der Waals surface area contributed by atoms with Crippen molar-refractivity contribution < 1.29 is 4.74 Å². The van der Waals surface area contributed by atoms with Crippen molar-refractivity contribution in [3.8, 4) is 56.5 Å². The van der Waals surface area contributed by atoms with Crippen molar-refractivity contribution in [1.29, 1.82) is 0 Å². The smallest absolute Gasteiger partial charge is 0.127 e. The Kier molecular flexibility index (Phi) is 7.85. The molecule has 55 heavy (non-hydrogen) atoms. The van der Waals surface area contributed by atoms with Gasteiger partial charge in [-0.25, -0.2) is 19.9 Å². The molecule has 4 aromatic heterocycles. The molecule has 6 aromatic carbocycles. The first kappa shape index (κ1) is 32.4. The van der Waals surface area contributed by atoms with Gasteiger partial charge in [0.25, 0.3) is 0 Å². The first-order valence-electron chi connectivity index (χ1n) is 18.5. The Bertz CT molecular complexity index is 2880. The maximum atomic E-state index is 6.43. The van der Waals surface area contributed by atoms with Gasteiger partial charge in [-0.15, -0.1) is 0 Å². The standard InChI is InChI=1S/C50H34N4O/c1-31-29-39(21-23-41(31)45-27-19-37-15-13-35-17-25-43(33-9-5-3-6-10-33)51-47(35)49(37)53-45)55-40-22-24-42(32(2)30-40)46-28-20-38-16-14-36-18-26-44(34-11-7-4-8-12-34)52-48(36)50(38)54-46/h3-30H,1-2H3. The Morgan fingerprint density at radius 3 is 1.02 bits per heavy atom. The summed E-state index contributed by atoms with van der Waals surface area (Å²) in [7, 11) is 0. The van der Waals surface area contributed by atoms with Gasteiger partial charge in [-0.3, -0.25) is 0 Å². The quantitative estimate of drug-likeness (QED) is 0.161. The fraction of sp³-hybridized carbons (Fsp3) is 0.0400. The van der Waals surface area contributed by atoms with Crippen molar-refractivity contribution in [1.82, 2.24) is 19.9 Å². The fourth-order valence-electron chi connectivity index (χ4n) is 7.48. The van der Waals surface area contributed by atoms with Crippen LogP contribution in [0.25, 0.3) is 88.6 Å². The first-order chi connectivity index (χ1) is 27.0. The van der Waals surface area contributed by atoms with Crippen LogP contribution < -0.4 is 4.74 Å². The molecule has 0 fully saturated rings. The molecule has 0 N–H and O–H groups in total. The number of benzene rings is 6. The highest BCUT2D eigenvalue weighted by molar-refractivity contribution is 6.05. The van der Waals surface area contributed by atoms with Crippen molar-refractivity contribution in [2.75, 3.05) is 0 Å². The second-order valence-electron chi connectivity index (χ2n) is 14.0. The third-order valence-electron chi connectivity index (χ3n) is 10.4. The highest BCUT2D eigenvalue weighted by Gasteiger charge is 2.13. The van der Waals surface area contributed by atoms with E-state index in [0.717, 1.165) is 111 Å². The SMILES string of the molecule is Cc1cc(Oc2ccc(-c3ccc4ccc5ccc(-c6ccccc6)nc5c4n3)c(C)c2)ccc1-c1ccc2ccc3ccc(-c4ccccc4)nc3c2n1. The van der Waals surface area contributed by atoms with Crippen LogP contribution in [0.3, 0.4) is 0 Å². The lowest BCUT2D eigenvalue weighted by molar-refractivity contribution is 0.482. The van der Waals surface area contributed by atoms with E-state index in [2.05, 4.69) is 135 Å². The molecule has 0 aliphatic carbocycles. The number of aryl methyl sites for hydroxylation is 2. The van der Waals surface area contributed by atoms with Gasteiger partial charge in [-0.2, -0.15) is 0 Å². The van der Waals surface area contributed by atoms with Gasteiger partial charge < -0.3 is 4.74 Å². The molecule has 0 atom stereocenters. The molecular weight excluding hydrogens is 673 g/mol. The lowest BCUT2D eigenvalue weighted by Gasteiger charge is -2.13. The Balaban J connectivity index is 0.936. The third kappa shape index (κ3) is 6.02. The largest absolute Gasteiger partial charge is 0.457 e. The molecule has 0 aliphatic heterocycles. The predicted molar refractivity (Wildman–Crippen MR) is 225 cm³/mol. The van der Waals surface area contributed by atoms with E-state index in [0.29, 0.717) is 0 Å². The van der Waals surface area contributed by atoms with Crippen LogP contribution in [0.1, 0.15) is 11.1 Å². The summed E-state index contributed by atoms with van der Waals surface area (Å²) in [5, 5.41) is 4.26. The normalized spacial score (nSPS) is 11.5. The van der Waals surface area contributed by atoms with Crippen LogP contribution in [0.2, 0.25) is 0 Å². The molecule has 10 rings (SSSR count). The summed E-state index contributed by atoms with van der Waals surface area (Å²) in [4.78, 5) is 20.5. The average molecular weight is 707 g/mol. The summed E-state index contributed by atoms with van der Waals surface area (Å²) in [6.07, 6.45) is 0. The second kappa shape index (κ2) is 13.3. The fourth-order valence-corrected chi connectivity index (χ4v) is 7.48. The van der Waals surface area contributed by atoms with Crippen molar-refractivity contribution in [3.05, 3.63) is 181 Å². The molecule has 0 saturated heterocycles. The first-order valence-corrected chi connectivity index (χ1v) is 18.5. The Morgan fingerprint density at radius 1 is 0.327 bits per heavy atom. The third-order valence-corrected chi connectivity index (χ3v) is 10.4. The number of fused-ring (bicyclic) bond motifs is 6. The molecule has 5 heteroatoms. The lowest BCUT2D eigenvalue weighted by atomic mass is 10.0. The zero-order valence-electron chi connectivity index (χ0n) is 30.4. The zero-order valence-corrected chi connectivity index (χ0v) is 30.4. The number of ether oxygens (including phenoxy) is 1. The van der Waals surface area contributed by atoms with Crippen LogP contribution in [0.5, 0.6) is 11.5 Å². The Hall–Kier alpha value is -7.24. The molecule has 10 aromatic rings. The average Bonchev–Trinajstić information content (AvgIpc) is 3.23. The highest BCUT2D eigenvalue weighted by atomic mass is 16.5. The molecule has 0 aliphatic rings. The van der Waals surface area contributed by atoms with Crippen molar-refractivity contribution in [2.24, 2.45) is 0 Å². The number of aromatic nitrogens is 4. The molecule has 5 nitrogen and oxygen atoms in total. The van der Waals surface area contributed by atoms with Gasteiger partial charge in [0.15, 0.2) is 0 Å². The number of nitrogens with zero attached hydrogens (tertiary/aromatic N) is 4. The van der Waals surface area contributed by atoms with Gasteiger partial charge in [-0.05, 0) is 85.6 Å². The van der Waals surface area contributed by atoms with Crippen LogP contribution in [0.4, 0.5) is 0 Å². The topological polar surface area (TPSA) is 60.8 Å². The molecule has 0 radical (unpaired) electrons. The molecule has 0 amide bonds. The minimum atomic E-state index is 0.768. The zero-order chi connectivity index (χ0) is 36.9. The molecule has 0 spiro atoms. The Labute approximate surface area is 318 Å². The van der Waals surface area contributed by atoms with E-state index in [1.165, 1.54) is 0 Å². The summed E-state index contributed by atoms with van der Waals surface area (Å²) in [6.45, 7) is 4.20. The van der Waals surface area contributed by atoms with Gasteiger partial charge in [0.1, 0.15) is 11.5 Å². The van der Waals surface area contributed by atoms with Crippen LogP contribution in [-0.2, 0) is 0 Å². The van der Waals surface area contributed by atoms with Gasteiger partial charge in [-0.1, -0.05) is 109 Å². The van der Waals surface area contributed by atoms with Gasteiger partial charge in [0.05, 0.1) is 44.8 Å². The maximum Gasteiger partial charge on any atom is 0.127 e. The van der Waals surface area contributed by atoms with Gasteiger partial charge in [0, 0.05) is 43.8 Å². The number of rotatable bonds is 6. The summed E-state index contributed by atoms with van der Waals surface area (Å²) in [6, 6.07) is 58.2. The molecule has 0 unspecified atom stereocenters. The number of hydrogen-bond acceptors (Lipinski definition) is 5. The summed E-state index contributed by atoms with van der Waals surface area (Å²) in [5.41, 5.74) is 13.7. The van der Waals surface area contributed by atoms with Crippen LogP contribution >= 0.6 is 0 Å². The molecule has 0 bridgehead atoms. The van der Waals surface area contributed by atoms with Crippen LogP contribution in [-0.4, -0.2) is 19.9 Å². The Morgan fingerprint density at radius 2 is 0.655 bits per heavy atom. The number of hydrogen-bond donors (Lipinski definition) is 0. The van der Waals surface area contributed by atoms with E-state index in [4.69, 9.17) is 24.7 Å². The van der Waals surface area contributed by atoms with E-state index < -0.39 is 0 Å². The van der Waals surface area contributed by atoms with Gasteiger partial charge in [0.2, 0.25) is 0 Å². The lowest BCUT2D eigenvalue weighted by Crippen LogP contribution is -1.94. The summed E-state index contributed by atoms with van der Waals surface area (Å²) in [5.74, 6) is 1.54. The van der Waals surface area contributed by atoms with Crippen LogP contribution in [0, 0.1) is 13.8 Å². The van der Waals surface area contributed by atoms with Crippen LogP contribution in [0.15, 0.2) is 170 Å². The summed E-state index contributed by atoms with van der Waals surface area (Å²) >= 11 is 0. The minimum absolute atomic E-state index is 0.768. The molecular formula is C50H34N4O. The van der Waals surface area contributed by atoms with Gasteiger partial charge >= 0.3 is 0 Å². The van der Waals surface area contributed by atoms with Crippen molar-refractivity contribution in [2.45, 2.75) is 13.8 Å². The van der Waals surface area contributed by atoms with Crippen molar-refractivity contribution >= 4 is 43.6 Å². The summed E-state index contributed by atoms with van der Waals surface area (Å²) < 4.78 is 6.43. The predicted octanol–water partition coefficient (Wildman–Crippen LogP) is 13.0. The van der Waals surface area contributed by atoms with Crippen molar-refractivity contribution in [3.63, 3.8) is 0 Å². The maximum absolute atomic E-state index is 6.43. The van der Waals surface area contributed by atoms with E-state index >= 15 is 0 Å². The highest BCUT2D eigenvalue weighted by Crippen LogP contribution is 2.35. The molecule has 0 saturated carbocycles. The number of pyridine rings is 4. The monoisotopic (exact) mass is 706 g/mol. The van der Waals surface area contributed by atoms with E-state index in [1.807, 2.05) is 48.5 Å². The second-order valence-corrected chi connectivity index (χ2v) is 14.0. The van der Waals surface area contributed by atoms with E-state index in [-0.39, 0.29) is 0 Å².